The highest BCUT2D eigenvalue weighted by Crippen LogP contribution is 2.23. The van der Waals surface area contributed by atoms with Gasteiger partial charge in [-0.3, -0.25) is 0 Å². The largest absolute Gasteiger partial charge is 0.390 e. The van der Waals surface area contributed by atoms with Gasteiger partial charge in [-0.25, -0.2) is 23.7 Å². The van der Waals surface area contributed by atoms with Crippen molar-refractivity contribution >= 4 is 29.0 Å². The molecule has 124 valence electrons. The Morgan fingerprint density at radius 3 is 2.91 bits per heavy atom. The van der Waals surface area contributed by atoms with E-state index in [9.17, 15) is 13.9 Å². The van der Waals surface area contributed by atoms with Gasteiger partial charge in [-0.05, 0) is 6.42 Å². The number of anilines is 1. The third-order valence-electron chi connectivity index (χ3n) is 3.43. The number of fused-ring (bicyclic) bond motifs is 1. The van der Waals surface area contributed by atoms with Crippen molar-refractivity contribution < 1.29 is 13.9 Å². The van der Waals surface area contributed by atoms with Gasteiger partial charge in [0.1, 0.15) is 18.0 Å². The van der Waals surface area contributed by atoms with E-state index in [1.54, 1.807) is 0 Å². The number of alkyl halides is 1. The average molecular weight is 323 g/mol. The van der Waals surface area contributed by atoms with E-state index >= 15 is 0 Å². The van der Waals surface area contributed by atoms with Crippen molar-refractivity contribution in [3.8, 4) is 0 Å². The minimum absolute atomic E-state index is 0.0619. The second-order valence-electron chi connectivity index (χ2n) is 5.23. The Bertz CT molecular complexity index is 690. The number of hydrogen-bond donors (Lipinski definition) is 2. The van der Waals surface area contributed by atoms with Gasteiger partial charge in [0.2, 0.25) is 5.95 Å². The molecule has 0 saturated carbocycles. The van der Waals surface area contributed by atoms with Crippen LogP contribution in [0.2, 0.25) is 0 Å². The second kappa shape index (κ2) is 7.87. The van der Waals surface area contributed by atoms with Gasteiger partial charge in [0.15, 0.2) is 5.82 Å². The predicted molar refractivity (Wildman–Crippen MR) is 84.9 cm³/mol. The monoisotopic (exact) mass is 323 g/mol. The van der Waals surface area contributed by atoms with Crippen LogP contribution in [0.1, 0.15) is 26.2 Å². The lowest BCUT2D eigenvalue weighted by Gasteiger charge is -2.15. The first-order valence-electron chi connectivity index (χ1n) is 7.42. The zero-order valence-corrected chi connectivity index (χ0v) is 12.8. The van der Waals surface area contributed by atoms with E-state index in [0.29, 0.717) is 11.9 Å². The number of aliphatic hydroxyl groups excluding tert-OH is 1. The quantitative estimate of drug-likeness (QED) is 0.763. The molecular weight excluding hydrogens is 304 g/mol. The topological polar surface area (TPSA) is 97.3 Å². The summed E-state index contributed by atoms with van der Waals surface area (Å²) in [6, 6.07) is 1.18. The number of nitrogens with two attached hydrogens (primary N) is 1. The third-order valence-corrected chi connectivity index (χ3v) is 3.43. The number of aliphatic imine (C=N–C) groups is 1. The van der Waals surface area contributed by atoms with Gasteiger partial charge in [-0.15, -0.1) is 0 Å². The standard InChI is InChI=1S/C15H19F2N5O/c1-2-3-4-9(12(23)6-16)7-20-14-13-11(21-15(18)22-14)5-10(17)8-19-13/h5,7-9,12,23H,2-4,6H2,1H3,(H2,18,21,22). The Morgan fingerprint density at radius 2 is 2.22 bits per heavy atom. The number of nitrogens with zero attached hydrogens (tertiary/aromatic N) is 4. The van der Waals surface area contributed by atoms with Gasteiger partial charge in [-0.1, -0.05) is 19.8 Å². The summed E-state index contributed by atoms with van der Waals surface area (Å²) in [6.45, 7) is 1.16. The van der Waals surface area contributed by atoms with Crippen LogP contribution in [-0.4, -0.2) is 39.1 Å². The average Bonchev–Trinajstić information content (AvgIpc) is 2.53. The van der Waals surface area contributed by atoms with E-state index in [-0.39, 0.29) is 17.3 Å². The molecule has 6 nitrogen and oxygen atoms in total. The summed E-state index contributed by atoms with van der Waals surface area (Å²) in [6.07, 6.45) is 3.72. The van der Waals surface area contributed by atoms with Crippen molar-refractivity contribution in [1.29, 1.82) is 0 Å². The van der Waals surface area contributed by atoms with Crippen LogP contribution < -0.4 is 5.73 Å². The fourth-order valence-corrected chi connectivity index (χ4v) is 2.17. The second-order valence-corrected chi connectivity index (χ2v) is 5.23. The number of aliphatic hydroxyl groups is 1. The van der Waals surface area contributed by atoms with Gasteiger partial charge in [0, 0.05) is 18.2 Å². The molecule has 0 amide bonds. The highest BCUT2D eigenvalue weighted by Gasteiger charge is 2.17. The van der Waals surface area contributed by atoms with Crippen LogP contribution in [0.3, 0.4) is 0 Å². The number of nitrogen functional groups attached to an aromatic ring is 1. The molecule has 23 heavy (non-hydrogen) atoms. The van der Waals surface area contributed by atoms with Gasteiger partial charge in [0.05, 0.1) is 17.8 Å². The Labute approximate surface area is 132 Å². The smallest absolute Gasteiger partial charge is 0.222 e. The van der Waals surface area contributed by atoms with Crippen molar-refractivity contribution in [2.24, 2.45) is 10.9 Å². The Kier molecular flexibility index (Phi) is 5.86. The Morgan fingerprint density at radius 1 is 1.43 bits per heavy atom. The summed E-state index contributed by atoms with van der Waals surface area (Å²) in [5.41, 5.74) is 6.12. The highest BCUT2D eigenvalue weighted by atomic mass is 19.1. The molecule has 0 radical (unpaired) electrons. The Balaban J connectivity index is 2.34. The number of rotatable bonds is 7. The van der Waals surface area contributed by atoms with E-state index in [0.717, 1.165) is 19.0 Å². The van der Waals surface area contributed by atoms with Crippen molar-refractivity contribution in [1.82, 2.24) is 15.0 Å². The van der Waals surface area contributed by atoms with Crippen LogP contribution in [0.4, 0.5) is 20.5 Å². The summed E-state index contributed by atoms with van der Waals surface area (Å²) >= 11 is 0. The van der Waals surface area contributed by atoms with Crippen LogP contribution in [0.5, 0.6) is 0 Å². The molecule has 0 aliphatic rings. The van der Waals surface area contributed by atoms with Crippen molar-refractivity contribution in [2.45, 2.75) is 32.3 Å². The molecule has 0 saturated heterocycles. The summed E-state index contributed by atoms with van der Waals surface area (Å²) in [5.74, 6) is -0.876. The minimum Gasteiger partial charge on any atom is -0.390 e. The molecule has 0 bridgehead atoms. The number of pyridine rings is 1. The van der Waals surface area contributed by atoms with E-state index in [1.165, 1.54) is 12.3 Å². The maximum atomic E-state index is 13.2. The molecule has 0 aromatic carbocycles. The molecule has 2 aromatic rings. The molecule has 2 rings (SSSR count). The maximum Gasteiger partial charge on any atom is 0.222 e. The SMILES string of the molecule is CCCCC(C=Nc1nc(N)nc2cc(F)cnc12)C(O)CF. The molecule has 0 aliphatic heterocycles. The lowest BCUT2D eigenvalue weighted by Crippen LogP contribution is -2.23. The number of hydrogen-bond acceptors (Lipinski definition) is 6. The summed E-state index contributed by atoms with van der Waals surface area (Å²) < 4.78 is 26.0. The van der Waals surface area contributed by atoms with E-state index in [1.807, 2.05) is 6.92 Å². The van der Waals surface area contributed by atoms with Crippen LogP contribution in [0.25, 0.3) is 11.0 Å². The van der Waals surface area contributed by atoms with E-state index in [2.05, 4.69) is 19.9 Å². The van der Waals surface area contributed by atoms with E-state index < -0.39 is 24.5 Å². The summed E-state index contributed by atoms with van der Waals surface area (Å²) in [4.78, 5) is 16.0. The fourth-order valence-electron chi connectivity index (χ4n) is 2.17. The van der Waals surface area contributed by atoms with Crippen LogP contribution in [0, 0.1) is 11.7 Å². The first kappa shape index (κ1) is 17.1. The molecule has 0 aliphatic carbocycles. The van der Waals surface area contributed by atoms with Crippen LogP contribution in [-0.2, 0) is 0 Å². The third kappa shape index (κ3) is 4.38. The van der Waals surface area contributed by atoms with Gasteiger partial charge in [-0.2, -0.15) is 4.98 Å². The van der Waals surface area contributed by atoms with Crippen LogP contribution >= 0.6 is 0 Å². The maximum absolute atomic E-state index is 13.2. The molecule has 2 atom stereocenters. The summed E-state index contributed by atoms with van der Waals surface area (Å²) in [7, 11) is 0. The van der Waals surface area contributed by atoms with Crippen molar-refractivity contribution in [3.63, 3.8) is 0 Å². The zero-order valence-electron chi connectivity index (χ0n) is 12.8. The van der Waals surface area contributed by atoms with E-state index in [4.69, 9.17) is 5.73 Å². The molecular formula is C15H19F2N5O. The number of halogens is 2. The van der Waals surface area contributed by atoms with Gasteiger partial charge < -0.3 is 10.8 Å². The first-order valence-corrected chi connectivity index (χ1v) is 7.42. The molecule has 8 heteroatoms. The Hall–Kier alpha value is -2.22. The fraction of sp³-hybridized carbons (Fsp3) is 0.467. The molecule has 2 heterocycles. The number of aromatic nitrogens is 3. The zero-order chi connectivity index (χ0) is 16.8. The lowest BCUT2D eigenvalue weighted by atomic mass is 9.98. The molecule has 3 N–H and O–H groups in total. The first-order chi connectivity index (χ1) is 11.0. The van der Waals surface area contributed by atoms with Gasteiger partial charge >= 0.3 is 0 Å². The molecule has 0 spiro atoms. The lowest BCUT2D eigenvalue weighted by molar-refractivity contribution is 0.105. The van der Waals surface area contributed by atoms with Crippen molar-refractivity contribution in [2.75, 3.05) is 12.4 Å². The predicted octanol–water partition coefficient (Wildman–Crippen LogP) is 2.59. The van der Waals surface area contributed by atoms with Crippen molar-refractivity contribution in [3.05, 3.63) is 18.1 Å². The summed E-state index contributed by atoms with van der Waals surface area (Å²) in [5, 5.41) is 9.74. The molecule has 2 unspecified atom stereocenters. The normalized spacial score (nSPS) is 14.4. The molecule has 2 aromatic heterocycles. The minimum atomic E-state index is -1.12. The molecule has 0 fully saturated rings. The number of unbranched alkanes of at least 4 members (excludes halogenated alkanes) is 1. The van der Waals surface area contributed by atoms with Crippen LogP contribution in [0.15, 0.2) is 17.3 Å². The highest BCUT2D eigenvalue weighted by molar-refractivity contribution is 5.86. The van der Waals surface area contributed by atoms with Gasteiger partial charge in [0.25, 0.3) is 0 Å².